The van der Waals surface area contributed by atoms with Crippen molar-refractivity contribution in [3.63, 3.8) is 0 Å². The van der Waals surface area contributed by atoms with Gasteiger partial charge in [0, 0.05) is 43.4 Å². The smallest absolute Gasteiger partial charge is 0.114 e. The molecule has 2 N–H and O–H groups in total. The lowest BCUT2D eigenvalue weighted by molar-refractivity contribution is 0.0767. The second-order valence-corrected chi connectivity index (χ2v) is 4.93. The molecule has 3 rings (SSSR count). The first-order valence-corrected chi connectivity index (χ1v) is 6.22. The minimum atomic E-state index is 0. The zero-order valence-electron chi connectivity index (χ0n) is 9.97. The molecule has 1 aromatic rings. The summed E-state index contributed by atoms with van der Waals surface area (Å²) in [5.41, 5.74) is 7.28. The van der Waals surface area contributed by atoms with Crippen LogP contribution in [-0.4, -0.2) is 28.8 Å². The van der Waals surface area contributed by atoms with Gasteiger partial charge in [0.1, 0.15) is 5.82 Å². The van der Waals surface area contributed by atoms with Gasteiger partial charge < -0.3 is 15.0 Å². The van der Waals surface area contributed by atoms with E-state index in [1.165, 1.54) is 17.9 Å². The third-order valence-electron chi connectivity index (χ3n) is 3.69. The van der Waals surface area contributed by atoms with Crippen LogP contribution in [0.5, 0.6) is 0 Å². The Bertz CT molecular complexity index is 374. The number of rotatable bonds is 1. The Morgan fingerprint density at radius 1 is 1.41 bits per heavy atom. The van der Waals surface area contributed by atoms with E-state index in [4.69, 9.17) is 10.5 Å². The molecule has 0 saturated carbocycles. The first-order valence-electron chi connectivity index (χ1n) is 6.22. The van der Waals surface area contributed by atoms with Crippen molar-refractivity contribution >= 4 is 12.4 Å². The van der Waals surface area contributed by atoms with E-state index >= 15 is 0 Å². The Labute approximate surface area is 108 Å². The lowest BCUT2D eigenvalue weighted by Crippen LogP contribution is -2.32. The number of nitrogens with two attached hydrogens (primary N) is 1. The summed E-state index contributed by atoms with van der Waals surface area (Å²) in [6.07, 6.45) is 6.42. The Balaban J connectivity index is 0.00000108. The zero-order valence-corrected chi connectivity index (χ0v) is 10.8. The Morgan fingerprint density at radius 2 is 2.29 bits per heavy atom. The van der Waals surface area contributed by atoms with E-state index in [9.17, 15) is 0 Å². The predicted octanol–water partition coefficient (Wildman–Crippen LogP) is 1.47. The van der Waals surface area contributed by atoms with Crippen LogP contribution in [0.4, 0.5) is 0 Å². The highest BCUT2D eigenvalue weighted by Crippen LogP contribution is 2.27. The average Bonchev–Trinajstić information content (AvgIpc) is 2.73. The first-order chi connectivity index (χ1) is 7.84. The van der Waals surface area contributed by atoms with Crippen molar-refractivity contribution in [1.82, 2.24) is 9.55 Å². The summed E-state index contributed by atoms with van der Waals surface area (Å²) in [5, 5.41) is 0. The highest BCUT2D eigenvalue weighted by Gasteiger charge is 2.25. The second-order valence-electron chi connectivity index (χ2n) is 4.93. The summed E-state index contributed by atoms with van der Waals surface area (Å²) in [7, 11) is 0. The molecule has 0 amide bonds. The van der Waals surface area contributed by atoms with Crippen LogP contribution in [0.15, 0.2) is 6.20 Å². The monoisotopic (exact) mass is 257 g/mol. The van der Waals surface area contributed by atoms with E-state index in [1.807, 2.05) is 6.20 Å². The molecule has 1 saturated heterocycles. The van der Waals surface area contributed by atoms with Gasteiger partial charge in [-0.3, -0.25) is 0 Å². The summed E-state index contributed by atoms with van der Waals surface area (Å²) < 4.78 is 7.90. The van der Waals surface area contributed by atoms with E-state index in [-0.39, 0.29) is 12.4 Å². The normalized spacial score (nSPS) is 28.3. The van der Waals surface area contributed by atoms with Crippen molar-refractivity contribution in [3.05, 3.63) is 17.7 Å². The zero-order chi connectivity index (χ0) is 11.0. The van der Waals surface area contributed by atoms with Gasteiger partial charge in [-0.15, -0.1) is 12.4 Å². The fraction of sp³-hybridized carbons (Fsp3) is 0.750. The molecule has 17 heavy (non-hydrogen) atoms. The first kappa shape index (κ1) is 12.9. The lowest BCUT2D eigenvalue weighted by Gasteiger charge is -2.26. The van der Waals surface area contributed by atoms with E-state index < -0.39 is 0 Å². The van der Waals surface area contributed by atoms with Gasteiger partial charge in [0.15, 0.2) is 0 Å². The Morgan fingerprint density at radius 3 is 3.06 bits per heavy atom. The van der Waals surface area contributed by atoms with Crippen LogP contribution >= 0.6 is 12.4 Å². The number of imidazole rings is 1. The summed E-state index contributed by atoms with van der Waals surface area (Å²) in [6.45, 7) is 2.78. The maximum Gasteiger partial charge on any atom is 0.114 e. The van der Waals surface area contributed by atoms with E-state index in [0.29, 0.717) is 12.0 Å². The fourth-order valence-electron chi connectivity index (χ4n) is 2.78. The minimum Gasteiger partial charge on any atom is -0.381 e. The van der Waals surface area contributed by atoms with Crippen molar-refractivity contribution in [1.29, 1.82) is 0 Å². The van der Waals surface area contributed by atoms with Crippen molar-refractivity contribution in [2.24, 2.45) is 5.73 Å². The van der Waals surface area contributed by atoms with Gasteiger partial charge in [0.2, 0.25) is 0 Å². The van der Waals surface area contributed by atoms with Crippen molar-refractivity contribution < 1.29 is 4.74 Å². The van der Waals surface area contributed by atoms with E-state index in [2.05, 4.69) is 9.55 Å². The third kappa shape index (κ3) is 2.49. The summed E-state index contributed by atoms with van der Waals surface area (Å²) in [4.78, 5) is 4.58. The molecule has 0 aliphatic carbocycles. The summed E-state index contributed by atoms with van der Waals surface area (Å²) in [5.74, 6) is 1.72. The molecule has 0 aromatic carbocycles. The SMILES string of the molecule is Cl.NC1CCn2c(cnc2C2CCCOC2)C1. The molecule has 2 atom stereocenters. The van der Waals surface area contributed by atoms with Crippen LogP contribution in [0.25, 0.3) is 0 Å². The standard InChI is InChI=1S/C12H19N3O.ClH/c13-10-3-4-15-11(6-10)7-14-12(15)9-2-1-5-16-8-9;/h7,9-10H,1-6,8,13H2;1H. The number of nitrogens with zero attached hydrogens (tertiary/aromatic N) is 2. The highest BCUT2D eigenvalue weighted by atomic mass is 35.5. The molecular formula is C12H20ClN3O. The molecule has 0 bridgehead atoms. The molecule has 1 aromatic heterocycles. The number of fused-ring (bicyclic) bond motifs is 1. The molecule has 2 aliphatic rings. The molecule has 96 valence electrons. The number of hydrogen-bond acceptors (Lipinski definition) is 3. The van der Waals surface area contributed by atoms with Crippen LogP contribution in [0.2, 0.25) is 0 Å². The molecule has 3 heterocycles. The topological polar surface area (TPSA) is 53.1 Å². The minimum absolute atomic E-state index is 0. The van der Waals surface area contributed by atoms with Gasteiger partial charge in [-0.2, -0.15) is 0 Å². The lowest BCUT2D eigenvalue weighted by atomic mass is 10.00. The largest absolute Gasteiger partial charge is 0.381 e. The number of halogens is 1. The van der Waals surface area contributed by atoms with Gasteiger partial charge in [-0.25, -0.2) is 4.98 Å². The number of aromatic nitrogens is 2. The molecule has 4 nitrogen and oxygen atoms in total. The van der Waals surface area contributed by atoms with Gasteiger partial charge in [-0.1, -0.05) is 0 Å². The summed E-state index contributed by atoms with van der Waals surface area (Å²) >= 11 is 0. The Hall–Kier alpha value is -0.580. The molecule has 2 unspecified atom stereocenters. The second kappa shape index (κ2) is 5.38. The van der Waals surface area contributed by atoms with Crippen LogP contribution in [0, 0.1) is 0 Å². The van der Waals surface area contributed by atoms with Crippen LogP contribution in [0.3, 0.4) is 0 Å². The summed E-state index contributed by atoms with van der Waals surface area (Å²) in [6, 6.07) is 0.319. The third-order valence-corrected chi connectivity index (χ3v) is 3.69. The quantitative estimate of drug-likeness (QED) is 0.829. The van der Waals surface area contributed by atoms with E-state index in [1.54, 1.807) is 0 Å². The fourth-order valence-corrected chi connectivity index (χ4v) is 2.78. The molecule has 5 heteroatoms. The van der Waals surface area contributed by atoms with Gasteiger partial charge >= 0.3 is 0 Å². The number of ether oxygens (including phenoxy) is 1. The molecule has 1 fully saturated rings. The Kier molecular flexibility index (Phi) is 4.07. The van der Waals surface area contributed by atoms with E-state index in [0.717, 1.165) is 39.0 Å². The molecule has 0 radical (unpaired) electrons. The van der Waals surface area contributed by atoms with Crippen LogP contribution < -0.4 is 5.73 Å². The van der Waals surface area contributed by atoms with Crippen LogP contribution in [0.1, 0.15) is 36.7 Å². The van der Waals surface area contributed by atoms with Crippen molar-refractivity contribution in [2.45, 2.75) is 44.2 Å². The van der Waals surface area contributed by atoms with Crippen molar-refractivity contribution in [3.8, 4) is 0 Å². The molecule has 0 spiro atoms. The predicted molar refractivity (Wildman–Crippen MR) is 68.6 cm³/mol. The number of hydrogen-bond donors (Lipinski definition) is 1. The van der Waals surface area contributed by atoms with Crippen LogP contribution in [-0.2, 0) is 17.7 Å². The van der Waals surface area contributed by atoms with Gasteiger partial charge in [0.05, 0.1) is 6.61 Å². The van der Waals surface area contributed by atoms with Gasteiger partial charge in [0.25, 0.3) is 0 Å². The maximum absolute atomic E-state index is 5.97. The average molecular weight is 258 g/mol. The molecule has 2 aliphatic heterocycles. The van der Waals surface area contributed by atoms with Crippen molar-refractivity contribution in [2.75, 3.05) is 13.2 Å². The maximum atomic E-state index is 5.97. The highest BCUT2D eigenvalue weighted by molar-refractivity contribution is 5.85. The van der Waals surface area contributed by atoms with Gasteiger partial charge in [-0.05, 0) is 19.3 Å². The molecular weight excluding hydrogens is 238 g/mol.